The second-order valence-corrected chi connectivity index (χ2v) is 12.3. The standard InChI is InChI=1S/C40H36FN9O2/c41-32-16-14-29(15-17-32)36(25-49-27-45-34-12-4-5-13-38(34)49)46-39(51)31-18-20-42-35(23-31)40(52)43-19-7-21-50-26-37(47-48-50)30-10-6-11-33(22-30)44-24-28-8-2-1-3-9-28/h1-6,8-18,20,22-23,26-27,36,44H,7,19,21,24-25H2,(H,43,52)(H,46,51). The Bertz CT molecular complexity index is 2290. The molecule has 12 heteroatoms. The van der Waals surface area contributed by atoms with E-state index in [1.807, 2.05) is 77.5 Å². The van der Waals surface area contributed by atoms with Gasteiger partial charge in [0, 0.05) is 49.2 Å². The van der Waals surface area contributed by atoms with Crippen molar-refractivity contribution in [3.05, 3.63) is 162 Å². The van der Waals surface area contributed by atoms with E-state index in [2.05, 4.69) is 48.4 Å². The van der Waals surface area contributed by atoms with Crippen molar-refractivity contribution in [2.45, 2.75) is 32.1 Å². The molecule has 3 aromatic heterocycles. The Balaban J connectivity index is 0.929. The number of carbonyl (C=O) groups excluding carboxylic acids is 2. The van der Waals surface area contributed by atoms with E-state index in [1.165, 1.54) is 30.0 Å². The zero-order valence-electron chi connectivity index (χ0n) is 28.2. The molecule has 0 fully saturated rings. The lowest BCUT2D eigenvalue weighted by Gasteiger charge is -2.20. The maximum Gasteiger partial charge on any atom is 0.269 e. The van der Waals surface area contributed by atoms with Crippen LogP contribution in [0.1, 0.15) is 44.4 Å². The fourth-order valence-electron chi connectivity index (χ4n) is 5.88. The zero-order chi connectivity index (χ0) is 35.7. The summed E-state index contributed by atoms with van der Waals surface area (Å²) in [6.45, 7) is 2.00. The number of imidazole rings is 1. The second kappa shape index (κ2) is 15.9. The van der Waals surface area contributed by atoms with Crippen molar-refractivity contribution in [2.75, 3.05) is 11.9 Å². The van der Waals surface area contributed by atoms with Gasteiger partial charge in [0.2, 0.25) is 0 Å². The van der Waals surface area contributed by atoms with Crippen molar-refractivity contribution >= 4 is 28.5 Å². The largest absolute Gasteiger partial charge is 0.381 e. The highest BCUT2D eigenvalue weighted by Crippen LogP contribution is 2.22. The van der Waals surface area contributed by atoms with Gasteiger partial charge in [0.1, 0.15) is 17.2 Å². The molecule has 7 aromatic rings. The number of nitrogens with zero attached hydrogens (tertiary/aromatic N) is 6. The number of anilines is 1. The van der Waals surface area contributed by atoms with Crippen molar-refractivity contribution in [1.29, 1.82) is 0 Å². The van der Waals surface area contributed by atoms with Gasteiger partial charge >= 0.3 is 0 Å². The highest BCUT2D eigenvalue weighted by atomic mass is 19.1. The number of rotatable bonds is 14. The summed E-state index contributed by atoms with van der Waals surface area (Å²) in [5.74, 6) is -1.16. The summed E-state index contributed by atoms with van der Waals surface area (Å²) < 4.78 is 17.5. The number of nitrogens with one attached hydrogen (secondary N) is 3. The topological polar surface area (TPSA) is 132 Å². The van der Waals surface area contributed by atoms with Crippen LogP contribution in [0.4, 0.5) is 10.1 Å². The number of aryl methyl sites for hydroxylation is 1. The first-order valence-corrected chi connectivity index (χ1v) is 17.0. The molecule has 52 heavy (non-hydrogen) atoms. The molecule has 0 aliphatic rings. The Hall–Kier alpha value is -6.69. The average Bonchev–Trinajstić information content (AvgIpc) is 3.84. The second-order valence-electron chi connectivity index (χ2n) is 12.3. The van der Waals surface area contributed by atoms with Crippen LogP contribution in [0.5, 0.6) is 0 Å². The molecule has 1 atom stereocenters. The van der Waals surface area contributed by atoms with Crippen molar-refractivity contribution < 1.29 is 14.0 Å². The molecule has 0 bridgehead atoms. The summed E-state index contributed by atoms with van der Waals surface area (Å²) in [5.41, 5.74) is 6.76. The summed E-state index contributed by atoms with van der Waals surface area (Å²) in [6.07, 6.45) is 5.64. The SMILES string of the molecule is O=C(NC(Cn1cnc2ccccc21)c1ccc(F)cc1)c1ccnc(C(=O)NCCCn2cc(-c3cccc(NCc4ccccc4)c3)nn2)c1. The Kier molecular flexibility index (Phi) is 10.3. The zero-order valence-corrected chi connectivity index (χ0v) is 28.2. The number of benzene rings is 4. The van der Waals surface area contributed by atoms with E-state index in [9.17, 15) is 14.0 Å². The number of pyridine rings is 1. The van der Waals surface area contributed by atoms with Crippen LogP contribution in [0, 0.1) is 5.82 Å². The summed E-state index contributed by atoms with van der Waals surface area (Å²) in [5, 5.41) is 18.0. The maximum absolute atomic E-state index is 13.8. The molecule has 1 unspecified atom stereocenters. The van der Waals surface area contributed by atoms with Gasteiger partial charge in [-0.15, -0.1) is 5.10 Å². The van der Waals surface area contributed by atoms with Gasteiger partial charge in [-0.25, -0.2) is 9.37 Å². The van der Waals surface area contributed by atoms with Crippen molar-refractivity contribution in [3.8, 4) is 11.3 Å². The number of para-hydroxylation sites is 2. The lowest BCUT2D eigenvalue weighted by Crippen LogP contribution is -2.32. The van der Waals surface area contributed by atoms with Gasteiger partial charge in [-0.1, -0.05) is 71.9 Å². The van der Waals surface area contributed by atoms with E-state index in [4.69, 9.17) is 0 Å². The Morgan fingerprint density at radius 1 is 0.827 bits per heavy atom. The monoisotopic (exact) mass is 693 g/mol. The van der Waals surface area contributed by atoms with Gasteiger partial charge in [-0.2, -0.15) is 0 Å². The molecule has 11 nitrogen and oxygen atoms in total. The minimum absolute atomic E-state index is 0.121. The lowest BCUT2D eigenvalue weighted by molar-refractivity contribution is 0.0932. The minimum Gasteiger partial charge on any atom is -0.381 e. The Morgan fingerprint density at radius 2 is 1.65 bits per heavy atom. The van der Waals surface area contributed by atoms with Crippen LogP contribution >= 0.6 is 0 Å². The fraction of sp³-hybridized carbons (Fsp3) is 0.150. The molecular formula is C40H36FN9O2. The Labute approximate surface area is 299 Å². The molecule has 2 amide bonds. The maximum atomic E-state index is 13.8. The van der Waals surface area contributed by atoms with Gasteiger partial charge in [0.15, 0.2) is 0 Å². The molecule has 260 valence electrons. The third kappa shape index (κ3) is 8.36. The predicted octanol–water partition coefficient (Wildman–Crippen LogP) is 6.43. The third-order valence-corrected chi connectivity index (χ3v) is 8.63. The summed E-state index contributed by atoms with van der Waals surface area (Å²) in [6, 6.07) is 34.5. The number of fused-ring (bicyclic) bond motifs is 1. The summed E-state index contributed by atoms with van der Waals surface area (Å²) >= 11 is 0. The van der Waals surface area contributed by atoms with Crippen LogP contribution in [0.2, 0.25) is 0 Å². The third-order valence-electron chi connectivity index (χ3n) is 8.63. The van der Waals surface area contributed by atoms with Crippen molar-refractivity contribution in [2.24, 2.45) is 0 Å². The van der Waals surface area contributed by atoms with Crippen LogP contribution < -0.4 is 16.0 Å². The quantitative estimate of drug-likeness (QED) is 0.112. The number of halogens is 1. The van der Waals surface area contributed by atoms with Crippen molar-refractivity contribution in [1.82, 2.24) is 40.2 Å². The van der Waals surface area contributed by atoms with Gasteiger partial charge in [-0.05, 0) is 66.1 Å². The first-order valence-electron chi connectivity index (χ1n) is 17.0. The highest BCUT2D eigenvalue weighted by Gasteiger charge is 2.19. The van der Waals surface area contributed by atoms with Crippen LogP contribution in [0.25, 0.3) is 22.3 Å². The molecular weight excluding hydrogens is 657 g/mol. The van der Waals surface area contributed by atoms with E-state index in [0.29, 0.717) is 26.1 Å². The van der Waals surface area contributed by atoms with E-state index < -0.39 is 17.9 Å². The molecule has 3 heterocycles. The van der Waals surface area contributed by atoms with E-state index in [-0.39, 0.29) is 17.1 Å². The van der Waals surface area contributed by atoms with E-state index >= 15 is 0 Å². The fourth-order valence-corrected chi connectivity index (χ4v) is 5.88. The number of carbonyl (C=O) groups is 2. The highest BCUT2D eigenvalue weighted by molar-refractivity contribution is 5.98. The van der Waals surface area contributed by atoms with Gasteiger partial charge in [0.25, 0.3) is 11.8 Å². The van der Waals surface area contributed by atoms with E-state index in [1.54, 1.807) is 29.2 Å². The molecule has 0 saturated heterocycles. The molecule has 3 N–H and O–H groups in total. The molecule has 4 aromatic carbocycles. The molecule has 0 spiro atoms. The van der Waals surface area contributed by atoms with Crippen LogP contribution in [0.3, 0.4) is 0 Å². The van der Waals surface area contributed by atoms with Gasteiger partial charge < -0.3 is 20.5 Å². The normalized spacial score (nSPS) is 11.6. The lowest BCUT2D eigenvalue weighted by atomic mass is 10.1. The number of amides is 2. The predicted molar refractivity (Wildman–Crippen MR) is 197 cm³/mol. The average molecular weight is 694 g/mol. The van der Waals surface area contributed by atoms with Crippen molar-refractivity contribution in [3.63, 3.8) is 0 Å². The summed E-state index contributed by atoms with van der Waals surface area (Å²) in [4.78, 5) is 35.2. The number of hydrogen-bond acceptors (Lipinski definition) is 7. The summed E-state index contributed by atoms with van der Waals surface area (Å²) in [7, 11) is 0. The molecule has 7 rings (SSSR count). The van der Waals surface area contributed by atoms with Gasteiger partial charge in [0.05, 0.1) is 29.6 Å². The first kappa shape index (κ1) is 33.8. The minimum atomic E-state index is -0.506. The van der Waals surface area contributed by atoms with Crippen LogP contribution in [-0.2, 0) is 19.6 Å². The van der Waals surface area contributed by atoms with E-state index in [0.717, 1.165) is 40.1 Å². The molecule has 0 aliphatic heterocycles. The van der Waals surface area contributed by atoms with Crippen LogP contribution in [-0.4, -0.2) is 47.9 Å². The van der Waals surface area contributed by atoms with Crippen LogP contribution in [0.15, 0.2) is 134 Å². The Morgan fingerprint density at radius 3 is 2.52 bits per heavy atom. The first-order chi connectivity index (χ1) is 25.5. The van der Waals surface area contributed by atoms with Gasteiger partial charge in [-0.3, -0.25) is 19.3 Å². The molecule has 0 aliphatic carbocycles. The number of hydrogen-bond donors (Lipinski definition) is 3. The smallest absolute Gasteiger partial charge is 0.269 e. The molecule has 0 saturated carbocycles. The number of aromatic nitrogens is 6. The molecule has 0 radical (unpaired) electrons.